The predicted molar refractivity (Wildman–Crippen MR) is 176 cm³/mol. The van der Waals surface area contributed by atoms with E-state index in [2.05, 4.69) is 116 Å². The number of nitrogens with one attached hydrogen (secondary N) is 1. The first-order valence-corrected chi connectivity index (χ1v) is 16.1. The maximum Gasteiger partial charge on any atom is 0.219 e. The first kappa shape index (κ1) is 31.7. The van der Waals surface area contributed by atoms with Gasteiger partial charge in [0.15, 0.2) is 5.71 Å². The number of carbonyl (C=O) groups is 1. The Balaban J connectivity index is 1.42. The van der Waals surface area contributed by atoms with E-state index in [4.69, 9.17) is 5.11 Å². The van der Waals surface area contributed by atoms with E-state index in [9.17, 15) is 4.79 Å². The highest BCUT2D eigenvalue weighted by molar-refractivity contribution is 6.03. The van der Waals surface area contributed by atoms with Crippen molar-refractivity contribution < 1.29 is 14.5 Å². The normalized spacial score (nSPS) is 17.8. The van der Waals surface area contributed by atoms with Gasteiger partial charge in [-0.3, -0.25) is 4.79 Å². The van der Waals surface area contributed by atoms with E-state index in [0.717, 1.165) is 64.6 Å². The molecule has 0 unspecified atom stereocenters. The monoisotopic (exact) mass is 570 g/mol. The van der Waals surface area contributed by atoms with E-state index >= 15 is 0 Å². The highest BCUT2D eigenvalue weighted by Crippen LogP contribution is 2.47. The summed E-state index contributed by atoms with van der Waals surface area (Å²) in [5.74, 6) is 0.158. The minimum Gasteiger partial charge on any atom is -0.396 e. The fraction of sp³-hybridized carbons (Fsp3) is 0.514. The first-order chi connectivity index (χ1) is 20.2. The van der Waals surface area contributed by atoms with Crippen molar-refractivity contribution in [3.05, 3.63) is 83.6 Å². The lowest BCUT2D eigenvalue weighted by Gasteiger charge is -2.25. The number of carbonyl (C=O) groups excluding carboxylic acids is 1. The molecule has 226 valence electrons. The Labute approximate surface area is 254 Å². The van der Waals surface area contributed by atoms with Gasteiger partial charge in [-0.2, -0.15) is 4.58 Å². The van der Waals surface area contributed by atoms with Gasteiger partial charge in [0, 0.05) is 67.0 Å². The fourth-order valence-corrected chi connectivity index (χ4v) is 6.73. The lowest BCUT2D eigenvalue weighted by Crippen LogP contribution is -2.28. The second kappa shape index (κ2) is 14.3. The second-order valence-electron chi connectivity index (χ2n) is 12.8. The molecule has 0 aromatic heterocycles. The van der Waals surface area contributed by atoms with Crippen LogP contribution in [0, 0.1) is 0 Å². The molecule has 0 saturated carbocycles. The molecule has 2 aliphatic heterocycles. The highest BCUT2D eigenvalue weighted by atomic mass is 16.2. The van der Waals surface area contributed by atoms with E-state index in [1.807, 2.05) is 0 Å². The second-order valence-corrected chi connectivity index (χ2v) is 12.8. The average molecular weight is 571 g/mol. The van der Waals surface area contributed by atoms with Crippen LogP contribution < -0.4 is 10.2 Å². The number of allylic oxidation sites excluding steroid dienone is 4. The molecule has 2 heterocycles. The predicted octanol–water partition coefficient (Wildman–Crippen LogP) is 7.55. The minimum atomic E-state index is -0.0821. The van der Waals surface area contributed by atoms with Gasteiger partial charge < -0.3 is 15.3 Å². The van der Waals surface area contributed by atoms with Gasteiger partial charge in [0.1, 0.15) is 6.54 Å². The fourth-order valence-electron chi connectivity index (χ4n) is 6.73. The molecule has 1 amide bonds. The SMILES string of the molecule is CCN1/C(=C/C=C/C2=[N+](CCCCCC(=O)NCCCCCCO)c3ccccc3C2(C)C)C(C)(C)c2ccccc21. The molecule has 2 aromatic rings. The summed E-state index contributed by atoms with van der Waals surface area (Å²) in [5.41, 5.74) is 7.93. The van der Waals surface area contributed by atoms with Crippen LogP contribution in [0.3, 0.4) is 0 Å². The van der Waals surface area contributed by atoms with Crippen molar-refractivity contribution in [3.8, 4) is 0 Å². The Bertz CT molecular complexity index is 1320. The summed E-state index contributed by atoms with van der Waals surface area (Å²) in [5, 5.41) is 11.9. The number of anilines is 1. The molecule has 5 heteroatoms. The number of hydrogen-bond acceptors (Lipinski definition) is 3. The zero-order valence-electron chi connectivity index (χ0n) is 26.6. The lowest BCUT2D eigenvalue weighted by molar-refractivity contribution is -0.438. The van der Waals surface area contributed by atoms with E-state index in [1.54, 1.807) is 0 Å². The van der Waals surface area contributed by atoms with Crippen molar-refractivity contribution in [2.75, 3.05) is 31.1 Å². The van der Waals surface area contributed by atoms with Gasteiger partial charge in [0.25, 0.3) is 0 Å². The highest BCUT2D eigenvalue weighted by Gasteiger charge is 2.44. The molecule has 2 N–H and O–H groups in total. The van der Waals surface area contributed by atoms with Gasteiger partial charge >= 0.3 is 0 Å². The lowest BCUT2D eigenvalue weighted by atomic mass is 9.81. The van der Waals surface area contributed by atoms with Gasteiger partial charge in [0.2, 0.25) is 11.6 Å². The summed E-state index contributed by atoms with van der Waals surface area (Å²) < 4.78 is 2.50. The van der Waals surface area contributed by atoms with Crippen LogP contribution in [0.4, 0.5) is 11.4 Å². The van der Waals surface area contributed by atoms with Gasteiger partial charge in [-0.1, -0.05) is 69.2 Å². The minimum absolute atomic E-state index is 0.0400. The average Bonchev–Trinajstić information content (AvgIpc) is 3.33. The third kappa shape index (κ3) is 6.89. The van der Waals surface area contributed by atoms with Crippen LogP contribution in [0.5, 0.6) is 0 Å². The molecule has 0 aliphatic carbocycles. The molecule has 0 radical (unpaired) electrons. The molecule has 0 fully saturated rings. The largest absolute Gasteiger partial charge is 0.396 e. The first-order valence-electron chi connectivity index (χ1n) is 16.1. The Morgan fingerprint density at radius 1 is 0.881 bits per heavy atom. The van der Waals surface area contributed by atoms with Gasteiger partial charge in [-0.15, -0.1) is 0 Å². The van der Waals surface area contributed by atoms with Crippen LogP contribution in [0.1, 0.15) is 97.1 Å². The number of nitrogens with zero attached hydrogens (tertiary/aromatic N) is 2. The molecule has 0 bridgehead atoms. The number of aliphatic hydroxyl groups excluding tert-OH is 1. The van der Waals surface area contributed by atoms with Gasteiger partial charge in [-0.25, -0.2) is 0 Å². The van der Waals surface area contributed by atoms with E-state index in [0.29, 0.717) is 6.42 Å². The number of unbranched alkanes of at least 4 members (excludes halogenated alkanes) is 5. The molecule has 4 rings (SSSR count). The molecule has 2 aromatic carbocycles. The quantitative estimate of drug-likeness (QED) is 0.172. The van der Waals surface area contributed by atoms with Crippen molar-refractivity contribution in [1.29, 1.82) is 0 Å². The standard InChI is InChI=1S/C37H51N3O2/c1-6-39-31-21-13-11-19-29(31)36(2,3)33(39)23-18-24-34-37(4,5)30-20-12-14-22-32(30)40(34)27-16-9-10-25-35(42)38-26-15-7-8-17-28-41/h11-14,18-24,41H,6-10,15-17,25-28H2,1-5H3/p+1. The molecular weight excluding hydrogens is 518 g/mol. The molecule has 42 heavy (non-hydrogen) atoms. The van der Waals surface area contributed by atoms with Crippen molar-refractivity contribution in [2.45, 2.75) is 96.8 Å². The number of likely N-dealkylation sites (N-methyl/N-ethyl adjacent to an activating group) is 1. The Morgan fingerprint density at radius 2 is 1.57 bits per heavy atom. The molecule has 0 atom stereocenters. The summed E-state index contributed by atoms with van der Waals surface area (Å²) in [6.07, 6.45) is 14.4. The van der Waals surface area contributed by atoms with E-state index in [1.165, 1.54) is 33.9 Å². The summed E-state index contributed by atoms with van der Waals surface area (Å²) in [7, 11) is 0. The van der Waals surface area contributed by atoms with Crippen molar-refractivity contribution in [3.63, 3.8) is 0 Å². The van der Waals surface area contributed by atoms with Crippen LogP contribution in [-0.2, 0) is 15.6 Å². The summed E-state index contributed by atoms with van der Waals surface area (Å²) in [6.45, 7) is 14.4. The van der Waals surface area contributed by atoms with Crippen LogP contribution in [0.2, 0.25) is 0 Å². The van der Waals surface area contributed by atoms with Gasteiger partial charge in [0.05, 0.1) is 5.41 Å². The van der Waals surface area contributed by atoms with Crippen LogP contribution in [-0.4, -0.2) is 47.5 Å². The van der Waals surface area contributed by atoms with Gasteiger partial charge in [-0.05, 0) is 64.2 Å². The number of amides is 1. The third-order valence-electron chi connectivity index (χ3n) is 9.12. The number of fused-ring (bicyclic) bond motifs is 2. The van der Waals surface area contributed by atoms with Crippen molar-refractivity contribution >= 4 is 23.0 Å². The van der Waals surface area contributed by atoms with Crippen LogP contribution in [0.15, 0.2) is 72.5 Å². The van der Waals surface area contributed by atoms with Crippen LogP contribution in [0.25, 0.3) is 0 Å². The summed E-state index contributed by atoms with van der Waals surface area (Å²) >= 11 is 0. The van der Waals surface area contributed by atoms with Crippen molar-refractivity contribution in [2.24, 2.45) is 0 Å². The molecule has 2 aliphatic rings. The maximum atomic E-state index is 12.3. The van der Waals surface area contributed by atoms with E-state index < -0.39 is 0 Å². The topological polar surface area (TPSA) is 55.6 Å². The molecule has 0 spiro atoms. The number of hydrogen-bond donors (Lipinski definition) is 2. The Hall–Kier alpha value is -3.18. The third-order valence-corrected chi connectivity index (χ3v) is 9.12. The molecule has 5 nitrogen and oxygen atoms in total. The molecular formula is C37H52N3O2+. The summed E-state index contributed by atoms with van der Waals surface area (Å²) in [4.78, 5) is 14.7. The Morgan fingerprint density at radius 3 is 2.33 bits per heavy atom. The number of benzene rings is 2. The Kier molecular flexibility index (Phi) is 10.8. The zero-order valence-corrected chi connectivity index (χ0v) is 26.6. The summed E-state index contributed by atoms with van der Waals surface area (Å²) in [6, 6.07) is 17.6. The smallest absolute Gasteiger partial charge is 0.219 e. The number of aliphatic hydroxyl groups is 1. The van der Waals surface area contributed by atoms with Crippen molar-refractivity contribution in [1.82, 2.24) is 5.32 Å². The van der Waals surface area contributed by atoms with E-state index in [-0.39, 0.29) is 23.3 Å². The number of rotatable bonds is 15. The number of para-hydroxylation sites is 2. The zero-order chi connectivity index (χ0) is 30.2. The molecule has 0 saturated heterocycles. The maximum absolute atomic E-state index is 12.3. The van der Waals surface area contributed by atoms with Crippen LogP contribution >= 0.6 is 0 Å².